The predicted octanol–water partition coefficient (Wildman–Crippen LogP) is 3.09. The van der Waals surface area contributed by atoms with Crippen molar-refractivity contribution < 1.29 is 22.7 Å². The molecule has 0 radical (unpaired) electrons. The number of carbonyl (C=O) groups is 1. The van der Waals surface area contributed by atoms with Crippen LogP contribution >= 0.6 is 0 Å². The van der Waals surface area contributed by atoms with Gasteiger partial charge >= 0.3 is 0 Å². The molecule has 2 aliphatic heterocycles. The van der Waals surface area contributed by atoms with Gasteiger partial charge in [-0.3, -0.25) is 4.79 Å². The number of ether oxygens (including phenoxy) is 2. The van der Waals surface area contributed by atoms with Crippen molar-refractivity contribution in [2.75, 3.05) is 25.2 Å². The van der Waals surface area contributed by atoms with Crippen LogP contribution < -0.4 is 14.8 Å². The van der Waals surface area contributed by atoms with Crippen LogP contribution in [0.5, 0.6) is 11.5 Å². The Hall–Kier alpha value is -2.58. The smallest absolute Gasteiger partial charge is 0.255 e. The molecule has 2 aliphatic rings. The number of carbonyl (C=O) groups excluding carboxylic acids is 1. The second-order valence-electron chi connectivity index (χ2n) is 7.16. The Kier molecular flexibility index (Phi) is 4.99. The van der Waals surface area contributed by atoms with Crippen molar-refractivity contribution >= 4 is 21.6 Å². The fraction of sp³-hybridized carbons (Fsp3) is 0.350. The molecule has 2 heterocycles. The Morgan fingerprint density at radius 1 is 1.11 bits per heavy atom. The Morgan fingerprint density at radius 2 is 1.86 bits per heavy atom. The minimum atomic E-state index is -3.51. The maximum Gasteiger partial charge on any atom is 0.255 e. The zero-order valence-electron chi connectivity index (χ0n) is 15.6. The lowest BCUT2D eigenvalue weighted by molar-refractivity contribution is 0.102. The van der Waals surface area contributed by atoms with Gasteiger partial charge < -0.3 is 14.8 Å². The van der Waals surface area contributed by atoms with Gasteiger partial charge in [-0.2, -0.15) is 4.31 Å². The molecule has 0 aliphatic carbocycles. The number of sulfonamides is 1. The number of piperidine rings is 1. The number of benzene rings is 2. The van der Waals surface area contributed by atoms with E-state index in [1.54, 1.807) is 34.6 Å². The molecule has 4 rings (SSSR count). The summed E-state index contributed by atoms with van der Waals surface area (Å²) in [6.45, 7) is 3.31. The molecular formula is C20H22N2O5S. The van der Waals surface area contributed by atoms with E-state index in [0.29, 0.717) is 41.8 Å². The topological polar surface area (TPSA) is 84.9 Å². The third-order valence-electron chi connectivity index (χ3n) is 5.00. The van der Waals surface area contributed by atoms with Crippen molar-refractivity contribution in [3.63, 3.8) is 0 Å². The number of fused-ring (bicyclic) bond motifs is 1. The van der Waals surface area contributed by atoms with E-state index in [9.17, 15) is 13.2 Å². The number of anilines is 1. The van der Waals surface area contributed by atoms with Crippen molar-refractivity contribution in [1.82, 2.24) is 4.31 Å². The summed E-state index contributed by atoms with van der Waals surface area (Å²) in [7, 11) is -3.51. The monoisotopic (exact) mass is 402 g/mol. The zero-order chi connectivity index (χ0) is 19.7. The van der Waals surface area contributed by atoms with Crippen LogP contribution in [0.1, 0.15) is 30.1 Å². The lowest BCUT2D eigenvalue weighted by atomic mass is 10.0. The van der Waals surface area contributed by atoms with Gasteiger partial charge in [0.2, 0.25) is 16.8 Å². The number of nitrogens with zero attached hydrogens (tertiary/aromatic N) is 1. The zero-order valence-corrected chi connectivity index (χ0v) is 16.4. The van der Waals surface area contributed by atoms with E-state index in [4.69, 9.17) is 9.47 Å². The first-order valence-electron chi connectivity index (χ1n) is 9.25. The van der Waals surface area contributed by atoms with E-state index in [1.165, 1.54) is 12.1 Å². The van der Waals surface area contributed by atoms with Crippen LogP contribution in [0.25, 0.3) is 0 Å². The van der Waals surface area contributed by atoms with Crippen LogP contribution in [-0.2, 0) is 10.0 Å². The highest BCUT2D eigenvalue weighted by atomic mass is 32.2. The second-order valence-corrected chi connectivity index (χ2v) is 9.09. The fourth-order valence-corrected chi connectivity index (χ4v) is 5.06. The van der Waals surface area contributed by atoms with Crippen molar-refractivity contribution in [3.05, 3.63) is 48.0 Å². The van der Waals surface area contributed by atoms with E-state index in [-0.39, 0.29) is 17.6 Å². The largest absolute Gasteiger partial charge is 0.454 e. The Morgan fingerprint density at radius 3 is 2.61 bits per heavy atom. The number of amides is 1. The maximum atomic E-state index is 12.8. The third-order valence-corrected chi connectivity index (χ3v) is 6.88. The summed E-state index contributed by atoms with van der Waals surface area (Å²) < 4.78 is 37.7. The standard InChI is InChI=1S/C20H22N2O5S/c1-14-3-2-10-22(12-14)28(24,25)17-7-5-16(6-8-17)21-20(23)15-4-9-18-19(11-15)27-13-26-18/h4-9,11,14H,2-3,10,12-13H2,1H3,(H,21,23)/t14-/m0/s1. The van der Waals surface area contributed by atoms with Gasteiger partial charge in [-0.15, -0.1) is 0 Å². The molecule has 2 aromatic rings. The maximum absolute atomic E-state index is 12.8. The molecule has 0 aromatic heterocycles. The molecule has 1 amide bonds. The highest BCUT2D eigenvalue weighted by Gasteiger charge is 2.28. The number of nitrogens with one attached hydrogen (secondary N) is 1. The Labute approximate surface area is 164 Å². The van der Waals surface area contributed by atoms with Crippen LogP contribution in [0.2, 0.25) is 0 Å². The van der Waals surface area contributed by atoms with E-state index in [1.807, 2.05) is 0 Å². The molecule has 0 spiro atoms. The summed E-state index contributed by atoms with van der Waals surface area (Å²) >= 11 is 0. The minimum Gasteiger partial charge on any atom is -0.454 e. The van der Waals surface area contributed by atoms with Gasteiger partial charge in [-0.1, -0.05) is 6.92 Å². The molecule has 28 heavy (non-hydrogen) atoms. The first-order chi connectivity index (χ1) is 13.4. The summed E-state index contributed by atoms with van der Waals surface area (Å²) in [6.07, 6.45) is 1.93. The predicted molar refractivity (Wildman–Crippen MR) is 104 cm³/mol. The van der Waals surface area contributed by atoms with Crippen LogP contribution in [0.3, 0.4) is 0 Å². The molecule has 1 fully saturated rings. The molecule has 1 atom stereocenters. The Bertz CT molecular complexity index is 988. The Balaban J connectivity index is 1.46. The molecule has 0 bridgehead atoms. The average Bonchev–Trinajstić information content (AvgIpc) is 3.16. The minimum absolute atomic E-state index is 0.145. The molecule has 0 unspecified atom stereocenters. The van der Waals surface area contributed by atoms with Gasteiger partial charge in [0.25, 0.3) is 5.91 Å². The van der Waals surface area contributed by atoms with Gasteiger partial charge in [-0.05, 0) is 61.2 Å². The van der Waals surface area contributed by atoms with Crippen LogP contribution in [0, 0.1) is 5.92 Å². The molecule has 0 saturated carbocycles. The molecule has 1 saturated heterocycles. The second kappa shape index (κ2) is 7.44. The summed E-state index contributed by atoms with van der Waals surface area (Å²) in [5.74, 6) is 1.20. The quantitative estimate of drug-likeness (QED) is 0.850. The fourth-order valence-electron chi connectivity index (χ4n) is 3.46. The summed E-state index contributed by atoms with van der Waals surface area (Å²) in [4.78, 5) is 12.7. The van der Waals surface area contributed by atoms with Gasteiger partial charge in [0.15, 0.2) is 11.5 Å². The summed E-state index contributed by atoms with van der Waals surface area (Å²) in [6, 6.07) is 11.2. The number of rotatable bonds is 4. The molecule has 148 valence electrons. The van der Waals surface area contributed by atoms with Crippen LogP contribution in [0.4, 0.5) is 5.69 Å². The molecular weight excluding hydrogens is 380 g/mol. The van der Waals surface area contributed by atoms with Crippen molar-refractivity contribution in [3.8, 4) is 11.5 Å². The molecule has 7 nitrogen and oxygen atoms in total. The van der Waals surface area contributed by atoms with Gasteiger partial charge in [0, 0.05) is 24.3 Å². The average molecular weight is 402 g/mol. The van der Waals surface area contributed by atoms with E-state index >= 15 is 0 Å². The van der Waals surface area contributed by atoms with Crippen LogP contribution in [0.15, 0.2) is 47.4 Å². The summed E-state index contributed by atoms with van der Waals surface area (Å²) in [5.41, 5.74) is 0.955. The third kappa shape index (κ3) is 3.70. The molecule has 1 N–H and O–H groups in total. The highest BCUT2D eigenvalue weighted by Crippen LogP contribution is 2.32. The summed E-state index contributed by atoms with van der Waals surface area (Å²) in [5, 5.41) is 2.77. The first kappa shape index (κ1) is 18.8. The first-order valence-corrected chi connectivity index (χ1v) is 10.7. The molecule has 2 aromatic carbocycles. The van der Waals surface area contributed by atoms with Crippen molar-refractivity contribution in [2.45, 2.75) is 24.7 Å². The number of hydrogen-bond acceptors (Lipinski definition) is 5. The lowest BCUT2D eigenvalue weighted by Gasteiger charge is -2.30. The van der Waals surface area contributed by atoms with Gasteiger partial charge in [0.1, 0.15) is 0 Å². The van der Waals surface area contributed by atoms with Gasteiger partial charge in [0.05, 0.1) is 4.90 Å². The van der Waals surface area contributed by atoms with E-state index in [2.05, 4.69) is 12.2 Å². The normalized spacial score (nSPS) is 19.4. The van der Waals surface area contributed by atoms with E-state index in [0.717, 1.165) is 12.8 Å². The van der Waals surface area contributed by atoms with Gasteiger partial charge in [-0.25, -0.2) is 8.42 Å². The highest BCUT2D eigenvalue weighted by molar-refractivity contribution is 7.89. The van der Waals surface area contributed by atoms with E-state index < -0.39 is 10.0 Å². The lowest BCUT2D eigenvalue weighted by Crippen LogP contribution is -2.39. The van der Waals surface area contributed by atoms with Crippen LogP contribution in [-0.4, -0.2) is 38.5 Å². The van der Waals surface area contributed by atoms with Crippen molar-refractivity contribution in [2.24, 2.45) is 5.92 Å². The molecule has 8 heteroatoms. The van der Waals surface area contributed by atoms with Crippen molar-refractivity contribution in [1.29, 1.82) is 0 Å². The SMILES string of the molecule is C[C@H]1CCCN(S(=O)(=O)c2ccc(NC(=O)c3ccc4c(c3)OCO4)cc2)C1. The number of hydrogen-bond donors (Lipinski definition) is 1.